The van der Waals surface area contributed by atoms with Crippen LogP contribution in [0.3, 0.4) is 0 Å². The van der Waals surface area contributed by atoms with Gasteiger partial charge in [0.2, 0.25) is 0 Å². The van der Waals surface area contributed by atoms with Gasteiger partial charge >= 0.3 is 6.09 Å². The molecule has 2 N–H and O–H groups in total. The molecule has 0 radical (unpaired) electrons. The Bertz CT molecular complexity index is 1880. The molecule has 0 bridgehead atoms. The van der Waals surface area contributed by atoms with E-state index in [1.54, 1.807) is 7.11 Å². The molecule has 0 aliphatic carbocycles. The van der Waals surface area contributed by atoms with Gasteiger partial charge in [-0.1, -0.05) is 134 Å². The minimum Gasteiger partial charge on any atom is -0.444 e. The first kappa shape index (κ1) is 39.1. The van der Waals surface area contributed by atoms with E-state index in [0.29, 0.717) is 44.5 Å². The molecule has 2 amide bonds. The largest absolute Gasteiger partial charge is 0.444 e. The fraction of sp³-hybridized carbons (Fsp3) is 0.348. The van der Waals surface area contributed by atoms with Crippen molar-refractivity contribution in [2.75, 3.05) is 26.8 Å². The summed E-state index contributed by atoms with van der Waals surface area (Å²) in [5.74, 6) is -0.0574. The van der Waals surface area contributed by atoms with Crippen molar-refractivity contribution in [2.45, 2.75) is 74.3 Å². The Kier molecular flexibility index (Phi) is 12.5. The summed E-state index contributed by atoms with van der Waals surface area (Å²) in [5.41, 5.74) is 2.46. The summed E-state index contributed by atoms with van der Waals surface area (Å²) >= 11 is 1.88. The van der Waals surface area contributed by atoms with Crippen molar-refractivity contribution in [1.29, 1.82) is 0 Å². The average molecular weight is 744 g/mol. The fourth-order valence-corrected chi connectivity index (χ4v) is 9.59. The Morgan fingerprint density at radius 2 is 1.39 bits per heavy atom. The molecule has 1 aliphatic rings. The first-order valence-corrected chi connectivity index (χ1v) is 19.8. The van der Waals surface area contributed by atoms with Crippen LogP contribution >= 0.6 is 11.8 Å². The molecular formula is C46H53N3O4S. The molecule has 0 spiro atoms. The molecule has 0 saturated carbocycles. The molecule has 6 rings (SSSR count). The second kappa shape index (κ2) is 17.2. The van der Waals surface area contributed by atoms with Crippen LogP contribution < -0.4 is 10.6 Å². The molecule has 3 atom stereocenters. The Hall–Kier alpha value is -4.63. The lowest BCUT2D eigenvalue weighted by molar-refractivity contribution is 0.000965. The number of rotatable bonds is 13. The zero-order valence-electron chi connectivity index (χ0n) is 32.1. The number of fused-ring (bicyclic) bond motifs is 1. The van der Waals surface area contributed by atoms with Gasteiger partial charge in [0.1, 0.15) is 11.3 Å². The Labute approximate surface area is 324 Å². The van der Waals surface area contributed by atoms with Crippen LogP contribution in [0.25, 0.3) is 10.8 Å². The number of hydrogen-bond donors (Lipinski definition) is 2. The molecule has 282 valence electrons. The average Bonchev–Trinajstić information content (AvgIpc) is 3.17. The van der Waals surface area contributed by atoms with E-state index < -0.39 is 28.1 Å². The summed E-state index contributed by atoms with van der Waals surface area (Å²) in [6, 6.07) is 45.5. The second-order valence-electron chi connectivity index (χ2n) is 15.1. The summed E-state index contributed by atoms with van der Waals surface area (Å²) in [6.07, 6.45) is 1.24. The number of ether oxygens (including phenoxy) is 2. The van der Waals surface area contributed by atoms with Crippen LogP contribution in [-0.2, 0) is 14.2 Å². The van der Waals surface area contributed by atoms with Crippen molar-refractivity contribution in [3.05, 3.63) is 156 Å². The Morgan fingerprint density at radius 1 is 0.833 bits per heavy atom. The van der Waals surface area contributed by atoms with E-state index in [0.717, 1.165) is 10.8 Å². The highest BCUT2D eigenvalue weighted by Crippen LogP contribution is 2.51. The predicted molar refractivity (Wildman–Crippen MR) is 221 cm³/mol. The zero-order chi connectivity index (χ0) is 38.2. The number of amides is 2. The molecule has 1 saturated heterocycles. The minimum absolute atomic E-state index is 0.0134. The maximum absolute atomic E-state index is 15.0. The van der Waals surface area contributed by atoms with Gasteiger partial charge in [-0.15, -0.1) is 11.8 Å². The first-order valence-electron chi connectivity index (χ1n) is 18.9. The van der Waals surface area contributed by atoms with Gasteiger partial charge in [0.15, 0.2) is 0 Å². The van der Waals surface area contributed by atoms with Gasteiger partial charge in [-0.3, -0.25) is 10.1 Å². The van der Waals surface area contributed by atoms with E-state index in [9.17, 15) is 4.79 Å². The molecule has 0 aromatic heterocycles. The van der Waals surface area contributed by atoms with Gasteiger partial charge < -0.3 is 19.7 Å². The molecule has 5 aromatic rings. The fourth-order valence-electron chi connectivity index (χ4n) is 7.89. The van der Waals surface area contributed by atoms with E-state index in [-0.39, 0.29) is 11.2 Å². The number of methoxy groups -OCH3 is 1. The van der Waals surface area contributed by atoms with Crippen molar-refractivity contribution >= 4 is 34.5 Å². The number of alkyl carbamates (subject to hydrolysis) is 1. The summed E-state index contributed by atoms with van der Waals surface area (Å²) in [6.45, 7) is 9.32. The maximum atomic E-state index is 15.0. The van der Waals surface area contributed by atoms with Gasteiger partial charge in [-0.25, -0.2) is 4.79 Å². The predicted octanol–water partition coefficient (Wildman–Crippen LogP) is 9.41. The summed E-state index contributed by atoms with van der Waals surface area (Å²) in [7, 11) is 1.69. The lowest BCUT2D eigenvalue weighted by Crippen LogP contribution is -2.75. The third-order valence-corrected chi connectivity index (χ3v) is 11.8. The normalized spacial score (nSPS) is 18.2. The highest BCUT2D eigenvalue weighted by atomic mass is 32.2. The monoisotopic (exact) mass is 743 g/mol. The van der Waals surface area contributed by atoms with Crippen LogP contribution in [0.1, 0.15) is 74.0 Å². The SMILES string of the molecule is COCCCC1(NC(=O)OC(C)(C)C)NCCN(C(=O)c2cccc3ccccc23)C1C[C@H](C)SC(c1ccccc1)(c1ccccc1)c1ccccc1. The molecule has 5 aromatic carbocycles. The lowest BCUT2D eigenvalue weighted by Gasteiger charge is -2.52. The number of carbonyl (C=O) groups excluding carboxylic acids is 2. The standard InChI is InChI=1S/C46H53N3O4S/c1-34(54-46(36-21-9-6-10-22-36,37-23-11-7-12-24-37)38-25-13-8-14-26-38)33-41-45(29-18-32-52-5,48-43(51)53-44(2,3)4)47-30-31-49(41)42(50)40-28-17-20-35-19-15-16-27-39(35)40/h6-17,19-28,34,41,47H,18,29-33H2,1-5H3,(H,48,51)/t34-,41?,45?/m0/s1. The van der Waals surface area contributed by atoms with Crippen LogP contribution in [0.2, 0.25) is 0 Å². The molecule has 1 heterocycles. The molecule has 2 unspecified atom stereocenters. The highest BCUT2D eigenvalue weighted by molar-refractivity contribution is 8.01. The topological polar surface area (TPSA) is 79.9 Å². The van der Waals surface area contributed by atoms with Gasteiger partial charge in [-0.2, -0.15) is 0 Å². The van der Waals surface area contributed by atoms with E-state index >= 15 is 4.79 Å². The number of benzene rings is 5. The van der Waals surface area contributed by atoms with Crippen molar-refractivity contribution in [1.82, 2.24) is 15.5 Å². The Balaban J connectivity index is 1.47. The third kappa shape index (κ3) is 8.67. The summed E-state index contributed by atoms with van der Waals surface area (Å²) in [4.78, 5) is 30.8. The quantitative estimate of drug-likeness (QED) is 0.0925. The van der Waals surface area contributed by atoms with Gasteiger partial charge in [0.25, 0.3) is 5.91 Å². The number of nitrogens with one attached hydrogen (secondary N) is 2. The number of carbonyl (C=O) groups is 2. The van der Waals surface area contributed by atoms with Crippen LogP contribution in [0, 0.1) is 0 Å². The lowest BCUT2D eigenvalue weighted by atomic mass is 9.84. The van der Waals surface area contributed by atoms with E-state index in [1.807, 2.05) is 79.9 Å². The third-order valence-electron chi connectivity index (χ3n) is 10.1. The minimum atomic E-state index is -0.997. The maximum Gasteiger partial charge on any atom is 0.409 e. The van der Waals surface area contributed by atoms with Crippen LogP contribution in [0.4, 0.5) is 4.79 Å². The van der Waals surface area contributed by atoms with E-state index in [4.69, 9.17) is 9.47 Å². The molecule has 1 aliphatic heterocycles. The zero-order valence-corrected chi connectivity index (χ0v) is 32.9. The van der Waals surface area contributed by atoms with Crippen molar-refractivity contribution < 1.29 is 19.1 Å². The van der Waals surface area contributed by atoms with Crippen LogP contribution in [-0.4, -0.2) is 66.3 Å². The van der Waals surface area contributed by atoms with Crippen LogP contribution in [0.5, 0.6) is 0 Å². The van der Waals surface area contributed by atoms with Gasteiger partial charge in [0.05, 0.1) is 10.8 Å². The van der Waals surface area contributed by atoms with E-state index in [1.165, 1.54) is 16.7 Å². The molecule has 8 heteroatoms. The van der Waals surface area contributed by atoms with Crippen LogP contribution in [0.15, 0.2) is 133 Å². The first-order chi connectivity index (χ1) is 26.1. The molecule has 1 fully saturated rings. The molecule has 54 heavy (non-hydrogen) atoms. The van der Waals surface area contributed by atoms with Crippen molar-refractivity contribution in [2.24, 2.45) is 0 Å². The number of piperazine rings is 1. The number of hydrogen-bond acceptors (Lipinski definition) is 6. The van der Waals surface area contributed by atoms with Gasteiger partial charge in [-0.05, 0) is 73.6 Å². The Morgan fingerprint density at radius 3 is 1.96 bits per heavy atom. The van der Waals surface area contributed by atoms with Crippen molar-refractivity contribution in [3.8, 4) is 0 Å². The smallest absolute Gasteiger partial charge is 0.409 e. The van der Waals surface area contributed by atoms with Crippen molar-refractivity contribution in [3.63, 3.8) is 0 Å². The second-order valence-corrected chi connectivity index (χ2v) is 16.8. The molecular weight excluding hydrogens is 691 g/mol. The number of nitrogens with zero attached hydrogens (tertiary/aromatic N) is 1. The number of thioether (sulfide) groups is 1. The summed E-state index contributed by atoms with van der Waals surface area (Å²) < 4.78 is 10.9. The summed E-state index contributed by atoms with van der Waals surface area (Å²) in [5, 5.41) is 8.93. The van der Waals surface area contributed by atoms with Gasteiger partial charge in [0, 0.05) is 37.6 Å². The molecule has 7 nitrogen and oxygen atoms in total. The highest BCUT2D eigenvalue weighted by Gasteiger charge is 2.49. The van der Waals surface area contributed by atoms with E-state index in [2.05, 4.69) is 109 Å².